The average molecular weight is 268 g/mol. The van der Waals surface area contributed by atoms with Gasteiger partial charge in [0.2, 0.25) is 0 Å². The lowest BCUT2D eigenvalue weighted by Crippen LogP contribution is -2.43. The van der Waals surface area contributed by atoms with Gasteiger partial charge in [0.05, 0.1) is 11.4 Å². The molecule has 20 heavy (non-hydrogen) atoms. The van der Waals surface area contributed by atoms with Crippen LogP contribution in [0.4, 0.5) is 16.2 Å². The first-order valence-corrected chi connectivity index (χ1v) is 6.64. The van der Waals surface area contributed by atoms with Crippen LogP contribution in [0.15, 0.2) is 54.6 Å². The summed E-state index contributed by atoms with van der Waals surface area (Å²) in [4.78, 5) is 14.9. The number of hydrogen-bond acceptors (Lipinski definition) is 2. The van der Waals surface area contributed by atoms with Crippen molar-refractivity contribution < 1.29 is 9.90 Å². The second-order valence-electron chi connectivity index (χ2n) is 4.83. The minimum atomic E-state index is -0.892. The topological polar surface area (TPSA) is 43.8 Å². The van der Waals surface area contributed by atoms with E-state index in [1.807, 2.05) is 42.5 Å². The normalized spacial score (nSPS) is 14.0. The van der Waals surface area contributed by atoms with Gasteiger partial charge in [-0.1, -0.05) is 42.5 Å². The Labute approximate surface area is 117 Å². The third-order valence-corrected chi connectivity index (χ3v) is 3.55. The Bertz CT molecular complexity index is 613. The number of fused-ring (bicyclic) bond motifs is 1. The Morgan fingerprint density at radius 3 is 2.30 bits per heavy atom. The van der Waals surface area contributed by atoms with Crippen molar-refractivity contribution in [3.8, 4) is 0 Å². The summed E-state index contributed by atoms with van der Waals surface area (Å²) in [5.74, 6) is 0. The van der Waals surface area contributed by atoms with E-state index in [-0.39, 0.29) is 0 Å². The van der Waals surface area contributed by atoms with Crippen LogP contribution >= 0.6 is 0 Å². The molecule has 2 aromatic carbocycles. The van der Waals surface area contributed by atoms with E-state index in [2.05, 4.69) is 17.0 Å². The molecule has 0 spiro atoms. The molecule has 4 heteroatoms. The Hall–Kier alpha value is -2.49. The first-order chi connectivity index (χ1) is 9.75. The van der Waals surface area contributed by atoms with Crippen LogP contribution in [0, 0.1) is 0 Å². The first-order valence-electron chi connectivity index (χ1n) is 6.64. The molecule has 1 N–H and O–H groups in total. The second kappa shape index (κ2) is 5.25. The maximum atomic E-state index is 11.3. The Kier molecular flexibility index (Phi) is 3.29. The zero-order chi connectivity index (χ0) is 13.9. The van der Waals surface area contributed by atoms with Gasteiger partial charge in [-0.15, -0.1) is 0 Å². The van der Waals surface area contributed by atoms with Crippen LogP contribution in [-0.4, -0.2) is 24.3 Å². The van der Waals surface area contributed by atoms with Crippen LogP contribution in [0.3, 0.4) is 0 Å². The molecule has 102 valence electrons. The van der Waals surface area contributed by atoms with Gasteiger partial charge < -0.3 is 10.0 Å². The van der Waals surface area contributed by atoms with Gasteiger partial charge >= 0.3 is 6.09 Å². The summed E-state index contributed by atoms with van der Waals surface area (Å²) in [6, 6.07) is 17.9. The molecule has 0 bridgehead atoms. The number of para-hydroxylation sites is 2. The van der Waals surface area contributed by atoms with Gasteiger partial charge in [0.25, 0.3) is 0 Å². The largest absolute Gasteiger partial charge is 0.465 e. The summed E-state index contributed by atoms with van der Waals surface area (Å²) in [5.41, 5.74) is 2.97. The van der Waals surface area contributed by atoms with E-state index in [1.165, 1.54) is 10.5 Å². The van der Waals surface area contributed by atoms with Gasteiger partial charge in [-0.2, -0.15) is 0 Å². The highest BCUT2D eigenvalue weighted by Gasteiger charge is 2.25. The summed E-state index contributed by atoms with van der Waals surface area (Å²) in [7, 11) is 0. The highest BCUT2D eigenvalue weighted by molar-refractivity contribution is 5.92. The number of hydrogen-bond donors (Lipinski definition) is 1. The molecule has 0 aliphatic carbocycles. The molecule has 2 aromatic rings. The third-order valence-electron chi connectivity index (χ3n) is 3.55. The molecule has 0 unspecified atom stereocenters. The lowest BCUT2D eigenvalue weighted by atomic mass is 10.1. The highest BCUT2D eigenvalue weighted by atomic mass is 16.4. The van der Waals surface area contributed by atoms with Crippen LogP contribution in [0.2, 0.25) is 0 Å². The smallest absolute Gasteiger partial charge is 0.411 e. The Morgan fingerprint density at radius 2 is 1.60 bits per heavy atom. The highest BCUT2D eigenvalue weighted by Crippen LogP contribution is 2.33. The number of rotatable bonds is 2. The molecular formula is C16H16N2O2. The lowest BCUT2D eigenvalue weighted by molar-refractivity contribution is 0.201. The number of carboxylic acid groups (broad SMARTS) is 1. The average Bonchev–Trinajstić information content (AvgIpc) is 2.48. The number of anilines is 2. The zero-order valence-corrected chi connectivity index (χ0v) is 11.1. The molecule has 1 heterocycles. The van der Waals surface area contributed by atoms with Crippen molar-refractivity contribution in [3.05, 3.63) is 60.2 Å². The predicted octanol–water partition coefficient (Wildman–Crippen LogP) is 3.19. The van der Waals surface area contributed by atoms with Crippen molar-refractivity contribution in [3.63, 3.8) is 0 Å². The molecule has 4 nitrogen and oxygen atoms in total. The quantitative estimate of drug-likeness (QED) is 0.909. The maximum Gasteiger partial charge on any atom is 0.411 e. The van der Waals surface area contributed by atoms with E-state index < -0.39 is 6.09 Å². The van der Waals surface area contributed by atoms with Crippen molar-refractivity contribution in [1.82, 2.24) is 0 Å². The molecule has 1 aliphatic rings. The van der Waals surface area contributed by atoms with E-state index in [0.717, 1.165) is 17.9 Å². The van der Waals surface area contributed by atoms with Gasteiger partial charge in [-0.3, -0.25) is 4.90 Å². The van der Waals surface area contributed by atoms with Crippen LogP contribution in [0.1, 0.15) is 5.56 Å². The maximum absolute atomic E-state index is 11.3. The molecule has 0 saturated heterocycles. The minimum Gasteiger partial charge on any atom is -0.465 e. The fourth-order valence-corrected chi connectivity index (χ4v) is 2.59. The molecule has 3 rings (SSSR count). The summed E-state index contributed by atoms with van der Waals surface area (Å²) < 4.78 is 0. The van der Waals surface area contributed by atoms with Crippen molar-refractivity contribution in [2.75, 3.05) is 22.9 Å². The molecule has 1 amide bonds. The third kappa shape index (κ3) is 2.32. The lowest BCUT2D eigenvalue weighted by Gasteiger charge is -2.36. The van der Waals surface area contributed by atoms with Gasteiger partial charge in [0, 0.05) is 19.6 Å². The zero-order valence-electron chi connectivity index (χ0n) is 11.1. The van der Waals surface area contributed by atoms with E-state index in [0.29, 0.717) is 13.1 Å². The fraction of sp³-hybridized carbons (Fsp3) is 0.188. The van der Waals surface area contributed by atoms with E-state index in [9.17, 15) is 9.90 Å². The molecule has 0 radical (unpaired) electrons. The van der Waals surface area contributed by atoms with Crippen molar-refractivity contribution in [1.29, 1.82) is 0 Å². The van der Waals surface area contributed by atoms with Crippen molar-refractivity contribution in [2.24, 2.45) is 0 Å². The Balaban J connectivity index is 1.91. The summed E-state index contributed by atoms with van der Waals surface area (Å²) in [6.45, 7) is 2.00. The molecule has 0 saturated carbocycles. The van der Waals surface area contributed by atoms with Crippen LogP contribution in [-0.2, 0) is 6.54 Å². The number of amides is 1. The van der Waals surface area contributed by atoms with Crippen LogP contribution in [0.5, 0.6) is 0 Å². The van der Waals surface area contributed by atoms with Gasteiger partial charge in [-0.25, -0.2) is 4.79 Å². The number of carbonyl (C=O) groups is 1. The van der Waals surface area contributed by atoms with E-state index in [4.69, 9.17) is 0 Å². The van der Waals surface area contributed by atoms with Crippen LogP contribution in [0.25, 0.3) is 0 Å². The van der Waals surface area contributed by atoms with E-state index in [1.54, 1.807) is 0 Å². The minimum absolute atomic E-state index is 0.499. The van der Waals surface area contributed by atoms with Crippen molar-refractivity contribution >= 4 is 17.5 Å². The Morgan fingerprint density at radius 1 is 0.950 bits per heavy atom. The summed E-state index contributed by atoms with van der Waals surface area (Å²) >= 11 is 0. The van der Waals surface area contributed by atoms with Gasteiger partial charge in [0.15, 0.2) is 0 Å². The number of benzene rings is 2. The van der Waals surface area contributed by atoms with Crippen LogP contribution < -0.4 is 9.80 Å². The fourth-order valence-electron chi connectivity index (χ4n) is 2.59. The molecule has 0 atom stereocenters. The molecule has 0 fully saturated rings. The van der Waals surface area contributed by atoms with Crippen molar-refractivity contribution in [2.45, 2.75) is 6.54 Å². The number of nitrogens with zero attached hydrogens (tertiary/aromatic N) is 2. The monoisotopic (exact) mass is 268 g/mol. The predicted molar refractivity (Wildman–Crippen MR) is 79.3 cm³/mol. The molecule has 1 aliphatic heterocycles. The SMILES string of the molecule is O=C(O)N1CCN(Cc2ccccc2)c2ccccc21. The van der Waals surface area contributed by atoms with Gasteiger partial charge in [0.1, 0.15) is 0 Å². The molecular weight excluding hydrogens is 252 g/mol. The van der Waals surface area contributed by atoms with Gasteiger partial charge in [-0.05, 0) is 17.7 Å². The summed E-state index contributed by atoms with van der Waals surface area (Å²) in [5, 5.41) is 9.27. The second-order valence-corrected chi connectivity index (χ2v) is 4.83. The summed E-state index contributed by atoms with van der Waals surface area (Å²) in [6.07, 6.45) is -0.892. The standard InChI is InChI=1S/C16H16N2O2/c19-16(20)18-11-10-17(12-13-6-2-1-3-7-13)14-8-4-5-9-15(14)18/h1-9H,10-12H2,(H,19,20). The first kappa shape index (κ1) is 12.5. The molecule has 0 aromatic heterocycles. The van der Waals surface area contributed by atoms with E-state index >= 15 is 0 Å².